The Kier molecular flexibility index (Phi) is 9.50. The second-order valence-electron chi connectivity index (χ2n) is 13.0. The van der Waals surface area contributed by atoms with E-state index in [2.05, 4.69) is 47.8 Å². The van der Waals surface area contributed by atoms with Crippen molar-refractivity contribution in [1.29, 1.82) is 0 Å². The molecule has 3 amide bonds. The van der Waals surface area contributed by atoms with Gasteiger partial charge in [0.15, 0.2) is 0 Å². The summed E-state index contributed by atoms with van der Waals surface area (Å²) >= 11 is 1.70. The number of fused-ring (bicyclic) bond motifs is 1. The average molecular weight is 548 g/mol. The number of aliphatic hydroxyl groups excluding tert-OH is 1. The summed E-state index contributed by atoms with van der Waals surface area (Å²) in [4.78, 5) is 48.1. The average Bonchev–Trinajstić information content (AvgIpc) is 3.46. The molecule has 214 valence electrons. The molecular formula is C30H49N3O4S. The summed E-state index contributed by atoms with van der Waals surface area (Å²) in [5.41, 5.74) is -0.458. The van der Waals surface area contributed by atoms with Crippen LogP contribution in [0.4, 0.5) is 0 Å². The van der Waals surface area contributed by atoms with E-state index in [1.807, 2.05) is 16.7 Å². The van der Waals surface area contributed by atoms with Gasteiger partial charge in [0.2, 0.25) is 17.7 Å². The van der Waals surface area contributed by atoms with Crippen molar-refractivity contribution in [1.82, 2.24) is 14.7 Å². The molecule has 3 rings (SSSR count). The molecule has 1 N–H and O–H groups in total. The molecule has 0 aromatic heterocycles. The molecule has 0 aromatic carbocycles. The van der Waals surface area contributed by atoms with Crippen LogP contribution in [0.25, 0.3) is 0 Å². The number of likely N-dealkylation sites (tertiary alicyclic amines) is 1. The number of carbonyl (C=O) groups is 3. The first-order valence-corrected chi connectivity index (χ1v) is 15.1. The molecule has 5 atom stereocenters. The molecule has 0 aromatic rings. The van der Waals surface area contributed by atoms with E-state index in [-0.39, 0.29) is 35.0 Å². The molecule has 3 aliphatic rings. The van der Waals surface area contributed by atoms with Gasteiger partial charge in [0.25, 0.3) is 0 Å². The Morgan fingerprint density at radius 1 is 1.16 bits per heavy atom. The van der Waals surface area contributed by atoms with Crippen LogP contribution in [0, 0.1) is 17.3 Å². The van der Waals surface area contributed by atoms with Gasteiger partial charge in [0.1, 0.15) is 6.04 Å². The van der Waals surface area contributed by atoms with Gasteiger partial charge in [-0.25, -0.2) is 0 Å². The molecule has 2 bridgehead atoms. The number of nitrogens with zero attached hydrogens (tertiary/aromatic N) is 3. The van der Waals surface area contributed by atoms with Crippen LogP contribution in [0.5, 0.6) is 0 Å². The minimum absolute atomic E-state index is 0.00193. The lowest BCUT2D eigenvalue weighted by Crippen LogP contribution is -2.60. The molecular weight excluding hydrogens is 498 g/mol. The molecule has 38 heavy (non-hydrogen) atoms. The van der Waals surface area contributed by atoms with Gasteiger partial charge in [-0.1, -0.05) is 39.8 Å². The third kappa shape index (κ3) is 5.58. The quantitative estimate of drug-likeness (QED) is 0.351. The maximum atomic E-state index is 14.6. The van der Waals surface area contributed by atoms with Gasteiger partial charge < -0.3 is 19.8 Å². The van der Waals surface area contributed by atoms with Gasteiger partial charge in [-0.05, 0) is 51.4 Å². The van der Waals surface area contributed by atoms with Crippen molar-refractivity contribution in [2.24, 2.45) is 17.3 Å². The maximum absolute atomic E-state index is 14.6. The lowest BCUT2D eigenvalue weighted by atomic mass is 9.70. The van der Waals surface area contributed by atoms with E-state index in [0.717, 1.165) is 25.7 Å². The van der Waals surface area contributed by atoms with Crippen molar-refractivity contribution in [3.05, 3.63) is 25.3 Å². The number of aliphatic hydroxyl groups is 1. The summed E-state index contributed by atoms with van der Waals surface area (Å²) in [7, 11) is 0. The summed E-state index contributed by atoms with van der Waals surface area (Å²) in [5, 5.41) is 9.66. The fourth-order valence-electron chi connectivity index (χ4n) is 7.43. The summed E-state index contributed by atoms with van der Waals surface area (Å²) in [6.45, 7) is 22.2. The van der Waals surface area contributed by atoms with E-state index in [1.165, 1.54) is 0 Å². The Bertz CT molecular complexity index is 929. The molecule has 2 unspecified atom stereocenters. The molecule has 0 saturated carbocycles. The molecule has 7 nitrogen and oxygen atoms in total. The zero-order valence-corrected chi connectivity index (χ0v) is 25.2. The molecule has 1 spiro atoms. The molecule has 8 heteroatoms. The molecule has 3 fully saturated rings. The molecule has 0 aliphatic carbocycles. The fourth-order valence-corrected chi connectivity index (χ4v) is 9.64. The minimum atomic E-state index is -0.655. The highest BCUT2D eigenvalue weighted by atomic mass is 32.2. The molecule has 3 saturated heterocycles. The third-order valence-corrected chi connectivity index (χ3v) is 10.3. The zero-order chi connectivity index (χ0) is 28.5. The van der Waals surface area contributed by atoms with Crippen molar-refractivity contribution in [2.75, 3.05) is 32.8 Å². The van der Waals surface area contributed by atoms with Crippen LogP contribution in [0.15, 0.2) is 25.3 Å². The predicted octanol–water partition coefficient (Wildman–Crippen LogP) is 4.11. The van der Waals surface area contributed by atoms with E-state index >= 15 is 0 Å². The van der Waals surface area contributed by atoms with E-state index in [9.17, 15) is 19.5 Å². The summed E-state index contributed by atoms with van der Waals surface area (Å²) in [6.07, 6.45) is 7.08. The highest BCUT2D eigenvalue weighted by Gasteiger charge is 2.74. The van der Waals surface area contributed by atoms with Crippen molar-refractivity contribution < 1.29 is 19.5 Å². The topological polar surface area (TPSA) is 81.2 Å². The summed E-state index contributed by atoms with van der Waals surface area (Å²) in [5.74, 6) is -1.11. The molecule has 0 radical (unpaired) electrons. The van der Waals surface area contributed by atoms with Gasteiger partial charge in [0.05, 0.1) is 16.6 Å². The smallest absolute Gasteiger partial charge is 0.247 e. The maximum Gasteiger partial charge on any atom is 0.247 e. The normalized spacial score (nSPS) is 28.4. The number of hydrogen-bond acceptors (Lipinski definition) is 5. The van der Waals surface area contributed by atoms with E-state index < -0.39 is 28.2 Å². The lowest BCUT2D eigenvalue weighted by molar-refractivity contribution is -0.147. The standard InChI is InChI=1S/C30H49N3O4S/c1-9-15-31(16-10-2)25(35)22-21-13-14-30(38-21)23(22)26(36)32(18-12-19-34)24(30)27(37)33(17-11-3)29(7,8)20-28(4,5)6/h9,11,21-24,34H,1,3,10,12-20H2,2,4-8H3/t21-,22+,23+,24?,30?/m1/s1. The summed E-state index contributed by atoms with van der Waals surface area (Å²) < 4.78 is -0.627. The minimum Gasteiger partial charge on any atom is -0.396 e. The van der Waals surface area contributed by atoms with E-state index in [4.69, 9.17) is 0 Å². The Hall–Kier alpha value is -1.80. The first-order chi connectivity index (χ1) is 17.8. The molecule has 3 heterocycles. The Labute approximate surface area is 234 Å². The Balaban J connectivity index is 2.06. The third-order valence-electron chi connectivity index (χ3n) is 8.30. The van der Waals surface area contributed by atoms with Gasteiger partial charge in [-0.15, -0.1) is 24.9 Å². The van der Waals surface area contributed by atoms with Crippen molar-refractivity contribution in [3.63, 3.8) is 0 Å². The number of amides is 3. The van der Waals surface area contributed by atoms with Crippen molar-refractivity contribution in [3.8, 4) is 0 Å². The second-order valence-corrected chi connectivity index (χ2v) is 14.6. The largest absolute Gasteiger partial charge is 0.396 e. The van der Waals surface area contributed by atoms with Crippen LogP contribution < -0.4 is 0 Å². The monoisotopic (exact) mass is 547 g/mol. The van der Waals surface area contributed by atoms with Crippen LogP contribution in [-0.4, -0.2) is 91.9 Å². The van der Waals surface area contributed by atoms with Crippen LogP contribution in [0.2, 0.25) is 0 Å². The van der Waals surface area contributed by atoms with Crippen LogP contribution >= 0.6 is 11.8 Å². The van der Waals surface area contributed by atoms with Crippen molar-refractivity contribution in [2.45, 2.75) is 95.2 Å². The first kappa shape index (κ1) is 30.7. The van der Waals surface area contributed by atoms with Crippen LogP contribution in [-0.2, 0) is 14.4 Å². The Morgan fingerprint density at radius 3 is 2.37 bits per heavy atom. The highest BCUT2D eigenvalue weighted by Crippen LogP contribution is 2.66. The Morgan fingerprint density at radius 2 is 1.82 bits per heavy atom. The zero-order valence-electron chi connectivity index (χ0n) is 24.4. The number of carbonyl (C=O) groups excluding carboxylic acids is 3. The second kappa shape index (κ2) is 11.7. The van der Waals surface area contributed by atoms with Crippen molar-refractivity contribution >= 4 is 29.5 Å². The van der Waals surface area contributed by atoms with Gasteiger partial charge >= 0.3 is 0 Å². The SMILES string of the molecule is C=CCN(CCC)C(=O)[C@@H]1[C@H]2C(=O)N(CCCO)C(C(=O)N(CC=C)C(C)(C)CC(C)(C)C)C23CC[C@H]1S3. The molecule has 3 aliphatic heterocycles. The number of hydrogen-bond donors (Lipinski definition) is 1. The van der Waals surface area contributed by atoms with Gasteiger partial charge in [0, 0.05) is 43.6 Å². The number of thioether (sulfide) groups is 1. The first-order valence-electron chi connectivity index (χ1n) is 14.2. The lowest BCUT2D eigenvalue weighted by Gasteiger charge is -2.46. The fraction of sp³-hybridized carbons (Fsp3) is 0.767. The number of rotatable bonds is 13. The van der Waals surface area contributed by atoms with Crippen LogP contribution in [0.1, 0.15) is 73.6 Å². The van der Waals surface area contributed by atoms with E-state index in [0.29, 0.717) is 32.6 Å². The summed E-state index contributed by atoms with van der Waals surface area (Å²) in [6, 6.07) is -0.655. The van der Waals surface area contributed by atoms with Gasteiger partial charge in [-0.3, -0.25) is 14.4 Å². The predicted molar refractivity (Wildman–Crippen MR) is 155 cm³/mol. The van der Waals surface area contributed by atoms with Crippen LogP contribution in [0.3, 0.4) is 0 Å². The van der Waals surface area contributed by atoms with Gasteiger partial charge in [-0.2, -0.15) is 0 Å². The van der Waals surface area contributed by atoms with E-state index in [1.54, 1.807) is 28.8 Å². The highest BCUT2D eigenvalue weighted by molar-refractivity contribution is 8.02.